The van der Waals surface area contributed by atoms with Crippen LogP contribution in [-0.2, 0) is 11.3 Å². The van der Waals surface area contributed by atoms with Gasteiger partial charge in [-0.25, -0.2) is 0 Å². The van der Waals surface area contributed by atoms with Crippen LogP contribution in [-0.4, -0.2) is 30.4 Å². The summed E-state index contributed by atoms with van der Waals surface area (Å²) in [6.45, 7) is 6.50. The lowest BCUT2D eigenvalue weighted by Gasteiger charge is -2.18. The predicted molar refractivity (Wildman–Crippen MR) is 71.9 cm³/mol. The SMILES string of the molecule is COc1ccc(B(O)O)c(COC(C)C(C)C)c1. The Morgan fingerprint density at radius 1 is 1.22 bits per heavy atom. The molecule has 1 rings (SSSR count). The number of methoxy groups -OCH3 is 1. The molecule has 0 heterocycles. The van der Waals surface area contributed by atoms with Gasteiger partial charge in [-0.2, -0.15) is 0 Å². The molecule has 0 aliphatic carbocycles. The fourth-order valence-electron chi connectivity index (χ4n) is 1.50. The highest BCUT2D eigenvalue weighted by Gasteiger charge is 2.17. The van der Waals surface area contributed by atoms with Gasteiger partial charge in [-0.1, -0.05) is 19.9 Å². The summed E-state index contributed by atoms with van der Waals surface area (Å²) in [7, 11) is 0.0787. The third-order valence-electron chi connectivity index (χ3n) is 3.07. The molecular weight excluding hydrogens is 231 g/mol. The van der Waals surface area contributed by atoms with Gasteiger partial charge in [-0.15, -0.1) is 0 Å². The molecular formula is C13H21BO4. The minimum absolute atomic E-state index is 0.111. The van der Waals surface area contributed by atoms with Gasteiger partial charge in [0.2, 0.25) is 0 Å². The minimum Gasteiger partial charge on any atom is -0.497 e. The van der Waals surface area contributed by atoms with Crippen molar-refractivity contribution in [1.82, 2.24) is 0 Å². The highest BCUT2D eigenvalue weighted by Crippen LogP contribution is 2.14. The Morgan fingerprint density at radius 2 is 1.89 bits per heavy atom. The monoisotopic (exact) mass is 252 g/mol. The van der Waals surface area contributed by atoms with Crippen LogP contribution in [0.1, 0.15) is 26.3 Å². The number of hydrogen-bond donors (Lipinski definition) is 2. The molecule has 0 radical (unpaired) electrons. The van der Waals surface area contributed by atoms with Crippen LogP contribution in [0.25, 0.3) is 0 Å². The van der Waals surface area contributed by atoms with Crippen molar-refractivity contribution in [2.24, 2.45) is 5.92 Å². The predicted octanol–water partition coefficient (Wildman–Crippen LogP) is 0.936. The molecule has 100 valence electrons. The van der Waals surface area contributed by atoms with Gasteiger partial charge in [0.1, 0.15) is 5.75 Å². The van der Waals surface area contributed by atoms with Crippen molar-refractivity contribution in [3.63, 3.8) is 0 Å². The summed E-state index contributed by atoms with van der Waals surface area (Å²) < 4.78 is 10.8. The van der Waals surface area contributed by atoms with Gasteiger partial charge in [0.05, 0.1) is 19.8 Å². The fourth-order valence-corrected chi connectivity index (χ4v) is 1.50. The zero-order valence-electron chi connectivity index (χ0n) is 11.4. The molecule has 0 spiro atoms. The largest absolute Gasteiger partial charge is 0.497 e. The van der Waals surface area contributed by atoms with E-state index >= 15 is 0 Å². The molecule has 0 amide bonds. The molecule has 0 aliphatic rings. The number of ether oxygens (including phenoxy) is 2. The second-order valence-electron chi connectivity index (χ2n) is 4.70. The first kappa shape index (κ1) is 15.0. The lowest BCUT2D eigenvalue weighted by atomic mass is 9.77. The van der Waals surface area contributed by atoms with E-state index < -0.39 is 7.12 Å². The van der Waals surface area contributed by atoms with Gasteiger partial charge in [0.25, 0.3) is 0 Å². The maximum Gasteiger partial charge on any atom is 0.488 e. The van der Waals surface area contributed by atoms with Gasteiger partial charge in [0, 0.05) is 0 Å². The van der Waals surface area contributed by atoms with Crippen molar-refractivity contribution < 1.29 is 19.5 Å². The maximum absolute atomic E-state index is 9.30. The number of rotatable bonds is 6. The van der Waals surface area contributed by atoms with E-state index in [4.69, 9.17) is 9.47 Å². The van der Waals surface area contributed by atoms with Crippen molar-refractivity contribution in [1.29, 1.82) is 0 Å². The van der Waals surface area contributed by atoms with E-state index in [9.17, 15) is 10.0 Å². The molecule has 4 nitrogen and oxygen atoms in total. The number of benzene rings is 1. The normalized spacial score (nSPS) is 12.6. The van der Waals surface area contributed by atoms with E-state index in [0.717, 1.165) is 5.56 Å². The van der Waals surface area contributed by atoms with Crippen molar-refractivity contribution in [3.8, 4) is 5.75 Å². The Balaban J connectivity index is 2.84. The summed E-state index contributed by atoms with van der Waals surface area (Å²) >= 11 is 0. The van der Waals surface area contributed by atoms with Crippen LogP contribution in [0.2, 0.25) is 0 Å². The Hall–Kier alpha value is -1.04. The van der Waals surface area contributed by atoms with E-state index in [0.29, 0.717) is 23.7 Å². The quantitative estimate of drug-likeness (QED) is 0.739. The lowest BCUT2D eigenvalue weighted by Crippen LogP contribution is -2.33. The van der Waals surface area contributed by atoms with Gasteiger partial charge in [-0.05, 0) is 36.0 Å². The molecule has 1 unspecified atom stereocenters. The minimum atomic E-state index is -1.50. The van der Waals surface area contributed by atoms with E-state index in [1.54, 1.807) is 25.3 Å². The van der Waals surface area contributed by atoms with Crippen LogP contribution >= 0.6 is 0 Å². The third kappa shape index (κ3) is 4.01. The van der Waals surface area contributed by atoms with Crippen molar-refractivity contribution >= 4 is 12.6 Å². The van der Waals surface area contributed by atoms with E-state index in [2.05, 4.69) is 13.8 Å². The van der Waals surface area contributed by atoms with E-state index in [1.807, 2.05) is 6.92 Å². The van der Waals surface area contributed by atoms with Crippen LogP contribution in [0, 0.1) is 5.92 Å². The molecule has 0 bridgehead atoms. The topological polar surface area (TPSA) is 58.9 Å². The zero-order valence-corrected chi connectivity index (χ0v) is 11.4. The second kappa shape index (κ2) is 6.78. The second-order valence-corrected chi connectivity index (χ2v) is 4.70. The summed E-state index contributed by atoms with van der Waals surface area (Å²) in [5.74, 6) is 1.09. The van der Waals surface area contributed by atoms with E-state index in [1.165, 1.54) is 0 Å². The van der Waals surface area contributed by atoms with Crippen LogP contribution < -0.4 is 10.2 Å². The average molecular weight is 252 g/mol. The highest BCUT2D eigenvalue weighted by molar-refractivity contribution is 6.59. The molecule has 1 atom stereocenters. The highest BCUT2D eigenvalue weighted by atomic mass is 16.5. The molecule has 0 aromatic heterocycles. The Labute approximate surface area is 109 Å². The van der Waals surface area contributed by atoms with Crippen LogP contribution in [0.5, 0.6) is 5.75 Å². The molecule has 2 N–H and O–H groups in total. The van der Waals surface area contributed by atoms with Crippen molar-refractivity contribution in [2.75, 3.05) is 7.11 Å². The Kier molecular flexibility index (Phi) is 5.66. The van der Waals surface area contributed by atoms with Crippen molar-refractivity contribution in [2.45, 2.75) is 33.5 Å². The molecule has 5 heteroatoms. The summed E-state index contributed by atoms with van der Waals surface area (Å²) in [6, 6.07) is 5.11. The van der Waals surface area contributed by atoms with Gasteiger partial charge >= 0.3 is 7.12 Å². The fraction of sp³-hybridized carbons (Fsp3) is 0.538. The molecule has 1 aromatic rings. The Morgan fingerprint density at radius 3 is 2.39 bits per heavy atom. The summed E-state index contributed by atoms with van der Waals surface area (Å²) in [5.41, 5.74) is 1.18. The van der Waals surface area contributed by atoms with Crippen LogP contribution in [0.4, 0.5) is 0 Å². The molecule has 0 saturated heterocycles. The first-order valence-corrected chi connectivity index (χ1v) is 6.10. The molecule has 0 aliphatic heterocycles. The molecule has 0 fully saturated rings. The smallest absolute Gasteiger partial charge is 0.488 e. The number of hydrogen-bond acceptors (Lipinski definition) is 4. The summed E-state index contributed by atoms with van der Waals surface area (Å²) in [6.07, 6.45) is 0.111. The first-order valence-electron chi connectivity index (χ1n) is 6.10. The molecule has 0 saturated carbocycles. The third-order valence-corrected chi connectivity index (χ3v) is 3.07. The van der Waals surface area contributed by atoms with Crippen molar-refractivity contribution in [3.05, 3.63) is 23.8 Å². The average Bonchev–Trinajstić information content (AvgIpc) is 2.34. The van der Waals surface area contributed by atoms with Crippen LogP contribution in [0.15, 0.2) is 18.2 Å². The van der Waals surface area contributed by atoms with Gasteiger partial charge < -0.3 is 19.5 Å². The first-order chi connectivity index (χ1) is 8.45. The van der Waals surface area contributed by atoms with E-state index in [-0.39, 0.29) is 6.10 Å². The Bertz CT molecular complexity index is 379. The summed E-state index contributed by atoms with van der Waals surface area (Å²) in [4.78, 5) is 0. The maximum atomic E-state index is 9.30. The van der Waals surface area contributed by atoms with Gasteiger partial charge in [-0.3, -0.25) is 0 Å². The molecule has 1 aromatic carbocycles. The summed E-state index contributed by atoms with van der Waals surface area (Å²) in [5, 5.41) is 18.6. The standard InChI is InChI=1S/C13H21BO4/c1-9(2)10(3)18-8-11-7-12(17-4)5-6-13(11)14(15)16/h5-7,9-10,15-16H,8H2,1-4H3. The van der Waals surface area contributed by atoms with Crippen LogP contribution in [0.3, 0.4) is 0 Å². The lowest BCUT2D eigenvalue weighted by molar-refractivity contribution is 0.0237. The van der Waals surface area contributed by atoms with Gasteiger partial charge in [0.15, 0.2) is 0 Å². The zero-order chi connectivity index (χ0) is 13.7. The molecule has 18 heavy (non-hydrogen) atoms.